The fraction of sp³-hybridized carbons (Fsp3) is 0.125. The van der Waals surface area contributed by atoms with Crippen LogP contribution in [0.15, 0.2) is 41.3 Å². The Hall–Kier alpha value is -3.26. The maximum Gasteiger partial charge on any atom is 0.328 e. The largest absolute Gasteiger partial charge is 0.395 e. The molecule has 3 heterocycles. The molecule has 0 saturated carbocycles. The quantitative estimate of drug-likeness (QED) is 0.437. The SMILES string of the molecule is O=c1c2cnc(NCCO)c3cccc(c32)n2c([N+](=O)[O-])ccc12. The van der Waals surface area contributed by atoms with Crippen molar-refractivity contribution in [2.75, 3.05) is 18.5 Å². The first kappa shape index (κ1) is 14.3. The first-order chi connectivity index (χ1) is 11.6. The first-order valence-electron chi connectivity index (χ1n) is 7.31. The molecule has 0 fully saturated rings. The fourth-order valence-corrected chi connectivity index (χ4v) is 3.09. The number of aromatic nitrogens is 2. The third-order valence-corrected chi connectivity index (χ3v) is 4.06. The molecule has 120 valence electrons. The van der Waals surface area contributed by atoms with E-state index in [9.17, 15) is 14.9 Å². The van der Waals surface area contributed by atoms with Crippen LogP contribution in [0.3, 0.4) is 0 Å². The molecule has 8 nitrogen and oxygen atoms in total. The number of aliphatic hydroxyl groups excluding tert-OH is 1. The van der Waals surface area contributed by atoms with Gasteiger partial charge in [0.1, 0.15) is 11.3 Å². The lowest BCUT2D eigenvalue weighted by molar-refractivity contribution is -0.390. The second kappa shape index (κ2) is 5.14. The lowest BCUT2D eigenvalue weighted by atomic mass is 10.1. The van der Waals surface area contributed by atoms with E-state index in [0.717, 1.165) is 0 Å². The van der Waals surface area contributed by atoms with Crippen LogP contribution in [-0.2, 0) is 0 Å². The summed E-state index contributed by atoms with van der Waals surface area (Å²) in [5, 5.41) is 25.0. The van der Waals surface area contributed by atoms with Gasteiger partial charge in [0.15, 0.2) is 5.52 Å². The van der Waals surface area contributed by atoms with E-state index in [1.54, 1.807) is 18.2 Å². The zero-order valence-electron chi connectivity index (χ0n) is 12.4. The Morgan fingerprint density at radius 3 is 2.79 bits per heavy atom. The van der Waals surface area contributed by atoms with Gasteiger partial charge < -0.3 is 20.5 Å². The summed E-state index contributed by atoms with van der Waals surface area (Å²) >= 11 is 0. The molecule has 0 aliphatic rings. The molecule has 0 amide bonds. The summed E-state index contributed by atoms with van der Waals surface area (Å²) in [6.07, 6.45) is 1.47. The standard InChI is InChI=1S/C16H12N4O4/c21-7-6-17-16-9-2-1-3-11-14(9)10(8-18-16)15(22)12-4-5-13(19(11)12)20(23)24/h1-5,8,21H,6-7H2,(H,17,18). The van der Waals surface area contributed by atoms with Gasteiger partial charge >= 0.3 is 5.82 Å². The van der Waals surface area contributed by atoms with Crippen LogP contribution in [-0.4, -0.2) is 32.6 Å². The Morgan fingerprint density at radius 1 is 1.21 bits per heavy atom. The van der Waals surface area contributed by atoms with Crippen molar-refractivity contribution in [2.45, 2.75) is 0 Å². The van der Waals surface area contributed by atoms with E-state index < -0.39 is 4.92 Å². The van der Waals surface area contributed by atoms with E-state index in [2.05, 4.69) is 10.3 Å². The third kappa shape index (κ3) is 1.83. The number of aliphatic hydroxyl groups is 1. The lowest BCUT2D eigenvalue weighted by Gasteiger charge is -2.10. The summed E-state index contributed by atoms with van der Waals surface area (Å²) in [5.74, 6) is 0.369. The van der Waals surface area contributed by atoms with Crippen LogP contribution >= 0.6 is 0 Å². The number of hydrogen-bond acceptors (Lipinski definition) is 6. The van der Waals surface area contributed by atoms with E-state index in [-0.39, 0.29) is 23.4 Å². The number of pyridine rings is 2. The normalized spacial score (nSPS) is 11.5. The predicted molar refractivity (Wildman–Crippen MR) is 89.9 cm³/mol. The average molecular weight is 324 g/mol. The summed E-state index contributed by atoms with van der Waals surface area (Å²) < 4.78 is 1.37. The van der Waals surface area contributed by atoms with Gasteiger partial charge in [0.25, 0.3) is 0 Å². The van der Waals surface area contributed by atoms with Crippen LogP contribution in [0.25, 0.3) is 27.2 Å². The molecule has 0 atom stereocenters. The Labute approximate surface area is 134 Å². The van der Waals surface area contributed by atoms with Crippen LogP contribution in [0.2, 0.25) is 0 Å². The second-order valence-electron chi connectivity index (χ2n) is 5.37. The van der Waals surface area contributed by atoms with Gasteiger partial charge in [-0.3, -0.25) is 4.79 Å². The first-order valence-corrected chi connectivity index (χ1v) is 7.31. The summed E-state index contributed by atoms with van der Waals surface area (Å²) in [6.45, 7) is 0.255. The number of nitrogens with one attached hydrogen (secondary N) is 1. The molecular weight excluding hydrogens is 312 g/mol. The molecule has 8 heteroatoms. The van der Waals surface area contributed by atoms with E-state index in [0.29, 0.717) is 34.0 Å². The molecule has 0 aliphatic carbocycles. The second-order valence-corrected chi connectivity index (χ2v) is 5.37. The molecule has 0 spiro atoms. The number of rotatable bonds is 4. The van der Waals surface area contributed by atoms with Gasteiger partial charge in [-0.05, 0) is 17.1 Å². The number of benzene rings is 1. The molecule has 4 rings (SSSR count). The van der Waals surface area contributed by atoms with Gasteiger partial charge in [0.2, 0.25) is 5.43 Å². The van der Waals surface area contributed by atoms with Crippen LogP contribution in [0.5, 0.6) is 0 Å². The van der Waals surface area contributed by atoms with Crippen LogP contribution in [0.1, 0.15) is 0 Å². The molecular formula is C16H12N4O4. The van der Waals surface area contributed by atoms with E-state index in [1.807, 2.05) is 0 Å². The Bertz CT molecular complexity index is 1150. The van der Waals surface area contributed by atoms with Crippen molar-refractivity contribution in [3.63, 3.8) is 0 Å². The van der Waals surface area contributed by atoms with E-state index in [1.165, 1.54) is 22.7 Å². The molecule has 1 aromatic carbocycles. The lowest BCUT2D eigenvalue weighted by Crippen LogP contribution is -2.11. The van der Waals surface area contributed by atoms with E-state index in [4.69, 9.17) is 5.11 Å². The van der Waals surface area contributed by atoms with Gasteiger partial charge in [0.05, 0.1) is 12.0 Å². The molecule has 0 unspecified atom stereocenters. The van der Waals surface area contributed by atoms with Gasteiger partial charge in [-0.15, -0.1) is 0 Å². The average Bonchev–Trinajstić information content (AvgIpc) is 3.03. The molecule has 0 radical (unpaired) electrons. The monoisotopic (exact) mass is 324 g/mol. The topological polar surface area (TPSA) is 110 Å². The van der Waals surface area contributed by atoms with Crippen LogP contribution in [0.4, 0.5) is 11.6 Å². The van der Waals surface area contributed by atoms with Gasteiger partial charge in [-0.25, -0.2) is 4.98 Å². The summed E-state index contributed by atoms with van der Waals surface area (Å²) in [6, 6.07) is 8.08. The summed E-state index contributed by atoms with van der Waals surface area (Å²) in [5.41, 5.74) is 0.524. The molecule has 2 N–H and O–H groups in total. The zero-order chi connectivity index (χ0) is 16.8. The Morgan fingerprint density at radius 2 is 2.04 bits per heavy atom. The number of fused-ring (bicyclic) bond motifs is 2. The van der Waals surface area contributed by atoms with Crippen molar-refractivity contribution in [3.05, 3.63) is 56.9 Å². The van der Waals surface area contributed by atoms with Gasteiger partial charge in [-0.2, -0.15) is 4.40 Å². The smallest absolute Gasteiger partial charge is 0.328 e. The third-order valence-electron chi connectivity index (χ3n) is 4.06. The molecule has 24 heavy (non-hydrogen) atoms. The molecule has 0 aliphatic heterocycles. The predicted octanol–water partition coefficient (Wildman–Crippen LogP) is 1.75. The van der Waals surface area contributed by atoms with Crippen molar-refractivity contribution in [1.82, 2.24) is 9.38 Å². The van der Waals surface area contributed by atoms with Crippen molar-refractivity contribution >= 4 is 38.8 Å². The van der Waals surface area contributed by atoms with Crippen LogP contribution in [0, 0.1) is 10.1 Å². The maximum absolute atomic E-state index is 12.7. The maximum atomic E-state index is 12.7. The number of hydrogen-bond donors (Lipinski definition) is 2. The fourth-order valence-electron chi connectivity index (χ4n) is 3.09. The number of anilines is 1. The Balaban J connectivity index is 2.21. The highest BCUT2D eigenvalue weighted by Gasteiger charge is 2.22. The van der Waals surface area contributed by atoms with Crippen molar-refractivity contribution in [3.8, 4) is 0 Å². The van der Waals surface area contributed by atoms with Gasteiger partial charge in [0, 0.05) is 29.6 Å². The summed E-state index contributed by atoms with van der Waals surface area (Å²) in [4.78, 5) is 27.8. The molecule has 0 bridgehead atoms. The number of nitro groups is 1. The van der Waals surface area contributed by atoms with Crippen molar-refractivity contribution in [2.24, 2.45) is 0 Å². The van der Waals surface area contributed by atoms with E-state index >= 15 is 0 Å². The summed E-state index contributed by atoms with van der Waals surface area (Å²) in [7, 11) is 0. The van der Waals surface area contributed by atoms with Crippen LogP contribution < -0.4 is 10.7 Å². The molecule has 3 aromatic heterocycles. The Kier molecular flexibility index (Phi) is 3.07. The van der Waals surface area contributed by atoms with Gasteiger partial charge in [-0.1, -0.05) is 12.1 Å². The highest BCUT2D eigenvalue weighted by atomic mass is 16.6. The minimum absolute atomic E-state index is 0.0588. The van der Waals surface area contributed by atoms with Crippen molar-refractivity contribution < 1.29 is 10.0 Å². The van der Waals surface area contributed by atoms with Crippen molar-refractivity contribution in [1.29, 1.82) is 0 Å². The molecule has 4 aromatic rings. The highest BCUT2D eigenvalue weighted by molar-refractivity contribution is 6.13. The number of nitrogens with zero attached hydrogens (tertiary/aromatic N) is 3. The minimum atomic E-state index is -0.507. The molecule has 0 saturated heterocycles. The minimum Gasteiger partial charge on any atom is -0.395 e. The zero-order valence-corrected chi connectivity index (χ0v) is 12.4. The highest BCUT2D eigenvalue weighted by Crippen LogP contribution is 2.31.